The van der Waals surface area contributed by atoms with Gasteiger partial charge in [-0.1, -0.05) is 17.7 Å². The molecule has 0 amide bonds. The summed E-state index contributed by atoms with van der Waals surface area (Å²) in [5.74, 6) is 1.52. The lowest BCUT2D eigenvalue weighted by molar-refractivity contribution is 0.298. The summed E-state index contributed by atoms with van der Waals surface area (Å²) < 4.78 is 7.46. The Morgan fingerprint density at radius 1 is 1.28 bits per heavy atom. The van der Waals surface area contributed by atoms with Crippen molar-refractivity contribution in [1.29, 1.82) is 0 Å². The standard InChI is InChI=1S/C14H19N3O/c1-10(2)17-14(15)8-12(16-17)9-18-13-6-4-11(3)5-7-13/h4-8,10H,9,15H2,1-3H3. The number of nitrogen functional groups attached to an aromatic ring is 1. The Hall–Kier alpha value is -1.97. The highest BCUT2D eigenvalue weighted by Crippen LogP contribution is 2.16. The smallest absolute Gasteiger partial charge is 0.132 e. The highest BCUT2D eigenvalue weighted by atomic mass is 16.5. The van der Waals surface area contributed by atoms with Crippen molar-refractivity contribution >= 4 is 5.82 Å². The highest BCUT2D eigenvalue weighted by molar-refractivity contribution is 5.32. The minimum absolute atomic E-state index is 0.262. The van der Waals surface area contributed by atoms with E-state index in [9.17, 15) is 0 Å². The summed E-state index contributed by atoms with van der Waals surface area (Å²) in [6.45, 7) is 6.59. The molecule has 0 bridgehead atoms. The van der Waals surface area contributed by atoms with Gasteiger partial charge in [0.05, 0.1) is 0 Å². The molecular weight excluding hydrogens is 226 g/mol. The molecule has 1 heterocycles. The van der Waals surface area contributed by atoms with E-state index in [2.05, 4.69) is 12.0 Å². The van der Waals surface area contributed by atoms with Crippen LogP contribution in [0.2, 0.25) is 0 Å². The van der Waals surface area contributed by atoms with Crippen LogP contribution in [0.1, 0.15) is 31.1 Å². The molecule has 18 heavy (non-hydrogen) atoms. The van der Waals surface area contributed by atoms with Gasteiger partial charge in [-0.15, -0.1) is 0 Å². The quantitative estimate of drug-likeness (QED) is 0.901. The first kappa shape index (κ1) is 12.5. The number of nitrogens with zero attached hydrogens (tertiary/aromatic N) is 2. The van der Waals surface area contributed by atoms with Gasteiger partial charge in [0.2, 0.25) is 0 Å². The Kier molecular flexibility index (Phi) is 3.55. The Labute approximate surface area is 107 Å². The number of ether oxygens (including phenoxy) is 1. The molecule has 0 fully saturated rings. The van der Waals surface area contributed by atoms with Crippen molar-refractivity contribution in [3.8, 4) is 5.75 Å². The Bertz CT molecular complexity index is 514. The maximum Gasteiger partial charge on any atom is 0.132 e. The first-order valence-corrected chi connectivity index (χ1v) is 6.09. The molecule has 2 N–H and O–H groups in total. The van der Waals surface area contributed by atoms with Gasteiger partial charge >= 0.3 is 0 Å². The zero-order valence-corrected chi connectivity index (χ0v) is 11.1. The molecule has 4 nitrogen and oxygen atoms in total. The average Bonchev–Trinajstić information content (AvgIpc) is 2.70. The zero-order chi connectivity index (χ0) is 13.1. The summed E-state index contributed by atoms with van der Waals surface area (Å²) in [6, 6.07) is 10.1. The minimum atomic E-state index is 0.262. The molecule has 0 saturated heterocycles. The molecular formula is C14H19N3O. The van der Waals surface area contributed by atoms with Crippen molar-refractivity contribution in [3.05, 3.63) is 41.6 Å². The number of aryl methyl sites for hydroxylation is 1. The van der Waals surface area contributed by atoms with E-state index in [4.69, 9.17) is 10.5 Å². The van der Waals surface area contributed by atoms with Crippen molar-refractivity contribution in [3.63, 3.8) is 0 Å². The van der Waals surface area contributed by atoms with Crippen LogP contribution in [0.25, 0.3) is 0 Å². The second-order valence-electron chi connectivity index (χ2n) is 4.70. The molecule has 0 saturated carbocycles. The van der Waals surface area contributed by atoms with Crippen LogP contribution in [0.5, 0.6) is 5.75 Å². The summed E-state index contributed by atoms with van der Waals surface area (Å²) in [4.78, 5) is 0. The molecule has 0 spiro atoms. The summed E-state index contributed by atoms with van der Waals surface area (Å²) in [6.07, 6.45) is 0. The second kappa shape index (κ2) is 5.12. The second-order valence-corrected chi connectivity index (χ2v) is 4.70. The molecule has 1 aromatic heterocycles. The van der Waals surface area contributed by atoms with Crippen LogP contribution < -0.4 is 10.5 Å². The molecule has 0 aliphatic carbocycles. The maximum atomic E-state index is 5.88. The maximum absolute atomic E-state index is 5.88. The molecule has 1 aromatic carbocycles. The molecule has 0 aliphatic heterocycles. The van der Waals surface area contributed by atoms with Gasteiger partial charge in [-0.05, 0) is 32.9 Å². The van der Waals surface area contributed by atoms with Crippen molar-refractivity contribution in [2.45, 2.75) is 33.4 Å². The largest absolute Gasteiger partial charge is 0.487 e. The molecule has 0 aliphatic rings. The third kappa shape index (κ3) is 2.83. The van der Waals surface area contributed by atoms with Gasteiger partial charge in [0.25, 0.3) is 0 Å². The van der Waals surface area contributed by atoms with E-state index in [0.29, 0.717) is 12.4 Å². The summed E-state index contributed by atoms with van der Waals surface area (Å²) in [5, 5.41) is 4.41. The third-order valence-corrected chi connectivity index (χ3v) is 2.71. The molecule has 0 unspecified atom stereocenters. The van der Waals surface area contributed by atoms with Crippen molar-refractivity contribution in [2.75, 3.05) is 5.73 Å². The van der Waals surface area contributed by atoms with Crippen LogP contribution in [0, 0.1) is 6.92 Å². The van der Waals surface area contributed by atoms with Crippen LogP contribution in [0.4, 0.5) is 5.82 Å². The Morgan fingerprint density at radius 3 is 2.50 bits per heavy atom. The number of hydrogen-bond donors (Lipinski definition) is 1. The van der Waals surface area contributed by atoms with E-state index in [1.807, 2.05) is 44.2 Å². The fourth-order valence-electron chi connectivity index (χ4n) is 1.74. The van der Waals surface area contributed by atoms with Crippen LogP contribution in [0.15, 0.2) is 30.3 Å². The number of aromatic nitrogens is 2. The van der Waals surface area contributed by atoms with E-state index in [0.717, 1.165) is 11.4 Å². The van der Waals surface area contributed by atoms with Gasteiger partial charge < -0.3 is 10.5 Å². The van der Waals surface area contributed by atoms with Gasteiger partial charge in [0.15, 0.2) is 0 Å². The number of hydrogen-bond acceptors (Lipinski definition) is 3. The van der Waals surface area contributed by atoms with Gasteiger partial charge in [0.1, 0.15) is 23.9 Å². The van der Waals surface area contributed by atoms with E-state index in [1.54, 1.807) is 4.68 Å². The molecule has 0 radical (unpaired) electrons. The highest BCUT2D eigenvalue weighted by Gasteiger charge is 2.08. The lowest BCUT2D eigenvalue weighted by Crippen LogP contribution is -2.07. The normalized spacial score (nSPS) is 10.9. The minimum Gasteiger partial charge on any atom is -0.487 e. The van der Waals surface area contributed by atoms with Crippen LogP contribution in [-0.2, 0) is 6.61 Å². The van der Waals surface area contributed by atoms with E-state index >= 15 is 0 Å². The lowest BCUT2D eigenvalue weighted by atomic mass is 10.2. The summed E-state index contributed by atoms with van der Waals surface area (Å²) >= 11 is 0. The Balaban J connectivity index is 2.02. The summed E-state index contributed by atoms with van der Waals surface area (Å²) in [5.41, 5.74) is 7.94. The van der Waals surface area contributed by atoms with Gasteiger partial charge in [0, 0.05) is 12.1 Å². The molecule has 96 valence electrons. The fraction of sp³-hybridized carbons (Fsp3) is 0.357. The average molecular weight is 245 g/mol. The van der Waals surface area contributed by atoms with Gasteiger partial charge in [-0.2, -0.15) is 5.10 Å². The summed E-state index contributed by atoms with van der Waals surface area (Å²) in [7, 11) is 0. The van der Waals surface area contributed by atoms with E-state index in [1.165, 1.54) is 5.56 Å². The Morgan fingerprint density at radius 2 is 1.94 bits per heavy atom. The molecule has 0 atom stereocenters. The number of rotatable bonds is 4. The molecule has 4 heteroatoms. The number of anilines is 1. The number of nitrogens with two attached hydrogens (primary N) is 1. The van der Waals surface area contributed by atoms with Crippen LogP contribution in [-0.4, -0.2) is 9.78 Å². The van der Waals surface area contributed by atoms with Gasteiger partial charge in [-0.3, -0.25) is 0 Å². The lowest BCUT2D eigenvalue weighted by Gasteiger charge is -2.07. The predicted octanol–water partition coefficient (Wildman–Crippen LogP) is 2.93. The van der Waals surface area contributed by atoms with Crippen molar-refractivity contribution in [2.24, 2.45) is 0 Å². The van der Waals surface area contributed by atoms with Crippen molar-refractivity contribution < 1.29 is 4.74 Å². The monoisotopic (exact) mass is 245 g/mol. The third-order valence-electron chi connectivity index (χ3n) is 2.71. The van der Waals surface area contributed by atoms with E-state index in [-0.39, 0.29) is 6.04 Å². The van der Waals surface area contributed by atoms with Crippen LogP contribution in [0.3, 0.4) is 0 Å². The molecule has 2 rings (SSSR count). The first-order chi connectivity index (χ1) is 8.56. The SMILES string of the molecule is Cc1ccc(OCc2cc(N)n(C(C)C)n2)cc1. The fourth-order valence-corrected chi connectivity index (χ4v) is 1.74. The van der Waals surface area contributed by atoms with Gasteiger partial charge in [-0.25, -0.2) is 4.68 Å². The zero-order valence-electron chi connectivity index (χ0n) is 11.1. The number of benzene rings is 1. The van der Waals surface area contributed by atoms with Crippen LogP contribution >= 0.6 is 0 Å². The van der Waals surface area contributed by atoms with E-state index < -0.39 is 0 Å². The first-order valence-electron chi connectivity index (χ1n) is 6.09. The van der Waals surface area contributed by atoms with Crippen molar-refractivity contribution in [1.82, 2.24) is 9.78 Å². The topological polar surface area (TPSA) is 53.1 Å². The molecule has 2 aromatic rings. The predicted molar refractivity (Wildman–Crippen MR) is 72.5 cm³/mol.